The standard InChI is InChI=1S/C29H33BrN6O3.ClH/c1-16-4-5-19(13-22(16)30)25(38)15-32-23-6-9-31-29(39)26(23)28-34-24-14-21(12-17(2)27(24)35-28)36-10-7-20(8-11-36)33-18(3)37;/h4-6,9,12-14,20,25,38H,7-8,10-11,15H2,1-3H3,(H,33,37)(H,34,35)(H2,31,32,39);1H/t25-;/m1./s1. The predicted octanol–water partition coefficient (Wildman–Crippen LogP) is 4.97. The smallest absolute Gasteiger partial charge is 0.261 e. The van der Waals surface area contributed by atoms with Crippen molar-refractivity contribution in [2.24, 2.45) is 0 Å². The molecule has 1 aliphatic heterocycles. The molecule has 1 amide bonds. The number of rotatable bonds is 7. The van der Waals surface area contributed by atoms with E-state index in [-0.39, 0.29) is 36.5 Å². The molecule has 0 radical (unpaired) electrons. The number of imidazole rings is 1. The number of benzene rings is 2. The van der Waals surface area contributed by atoms with Crippen LogP contribution in [0.2, 0.25) is 0 Å². The summed E-state index contributed by atoms with van der Waals surface area (Å²) in [5.41, 5.74) is 6.32. The van der Waals surface area contributed by atoms with Crippen LogP contribution in [-0.2, 0) is 4.79 Å². The molecular formula is C29H34BrClN6O3. The molecule has 1 saturated heterocycles. The number of aromatic amines is 2. The molecule has 5 N–H and O–H groups in total. The first kappa shape index (κ1) is 29.6. The summed E-state index contributed by atoms with van der Waals surface area (Å²) in [6.45, 7) is 7.50. The summed E-state index contributed by atoms with van der Waals surface area (Å²) in [4.78, 5) is 37.6. The van der Waals surface area contributed by atoms with Crippen molar-refractivity contribution in [3.05, 3.63) is 74.1 Å². The Kier molecular flexibility index (Phi) is 9.22. The van der Waals surface area contributed by atoms with Crippen molar-refractivity contribution in [1.29, 1.82) is 0 Å². The summed E-state index contributed by atoms with van der Waals surface area (Å²) in [7, 11) is 0. The number of hydrogen-bond acceptors (Lipinski definition) is 6. The van der Waals surface area contributed by atoms with Crippen molar-refractivity contribution in [3.63, 3.8) is 0 Å². The number of fused-ring (bicyclic) bond motifs is 1. The van der Waals surface area contributed by atoms with Crippen molar-refractivity contribution < 1.29 is 9.90 Å². The van der Waals surface area contributed by atoms with Crippen LogP contribution in [0.15, 0.2) is 51.9 Å². The highest BCUT2D eigenvalue weighted by Crippen LogP contribution is 2.31. The molecular weight excluding hydrogens is 596 g/mol. The number of nitrogens with one attached hydrogen (secondary N) is 4. The Bertz CT molecular complexity index is 1580. The Hall–Kier alpha value is -3.34. The molecule has 11 heteroatoms. The minimum Gasteiger partial charge on any atom is -0.387 e. The molecule has 40 heavy (non-hydrogen) atoms. The van der Waals surface area contributed by atoms with Crippen LogP contribution in [0.1, 0.15) is 42.6 Å². The molecule has 212 valence electrons. The third-order valence-electron chi connectivity index (χ3n) is 7.29. The van der Waals surface area contributed by atoms with Crippen LogP contribution in [-0.4, -0.2) is 51.6 Å². The quantitative estimate of drug-likeness (QED) is 0.197. The lowest BCUT2D eigenvalue weighted by molar-refractivity contribution is -0.119. The van der Waals surface area contributed by atoms with Crippen molar-refractivity contribution in [2.45, 2.75) is 45.8 Å². The highest BCUT2D eigenvalue weighted by molar-refractivity contribution is 9.10. The molecule has 1 aliphatic rings. The maximum atomic E-state index is 13.0. The SMILES string of the molecule is CC(=O)NC1CCN(c2cc(C)c3nc(-c4c(NC[C@@H](O)c5ccc(C)c(Br)c5)cc[nH]c4=O)[nH]c3c2)CC1.Cl. The van der Waals surface area contributed by atoms with Gasteiger partial charge in [0.1, 0.15) is 11.4 Å². The van der Waals surface area contributed by atoms with Crippen LogP contribution in [0.5, 0.6) is 0 Å². The number of aryl methyl sites for hydroxylation is 2. The van der Waals surface area contributed by atoms with Gasteiger partial charge in [0.05, 0.1) is 22.8 Å². The monoisotopic (exact) mass is 628 g/mol. The van der Waals surface area contributed by atoms with Gasteiger partial charge in [0.15, 0.2) is 0 Å². The molecule has 1 fully saturated rings. The minimum atomic E-state index is -0.760. The van der Waals surface area contributed by atoms with E-state index in [2.05, 4.69) is 53.6 Å². The van der Waals surface area contributed by atoms with Gasteiger partial charge in [-0.1, -0.05) is 28.1 Å². The Morgan fingerprint density at radius 1 is 1.18 bits per heavy atom. The first-order chi connectivity index (χ1) is 18.7. The number of pyridine rings is 1. The Morgan fingerprint density at radius 2 is 1.93 bits per heavy atom. The Morgan fingerprint density at radius 3 is 2.62 bits per heavy atom. The average molecular weight is 630 g/mol. The van der Waals surface area contributed by atoms with Crippen molar-refractivity contribution in [3.8, 4) is 11.4 Å². The highest BCUT2D eigenvalue weighted by atomic mass is 79.9. The fourth-order valence-corrected chi connectivity index (χ4v) is 5.54. The van der Waals surface area contributed by atoms with Crippen LogP contribution in [0.25, 0.3) is 22.4 Å². The number of hydrogen-bond donors (Lipinski definition) is 5. The second-order valence-corrected chi connectivity index (χ2v) is 11.1. The van der Waals surface area contributed by atoms with Gasteiger partial charge in [-0.05, 0) is 67.6 Å². The van der Waals surface area contributed by atoms with Crippen LogP contribution >= 0.6 is 28.3 Å². The summed E-state index contributed by atoms with van der Waals surface area (Å²) >= 11 is 3.52. The van der Waals surface area contributed by atoms with Gasteiger partial charge >= 0.3 is 0 Å². The molecule has 2 aromatic heterocycles. The second kappa shape index (κ2) is 12.4. The number of aliphatic hydroxyl groups is 1. The van der Waals surface area contributed by atoms with E-state index in [0.29, 0.717) is 17.1 Å². The van der Waals surface area contributed by atoms with Gasteiger partial charge < -0.3 is 30.6 Å². The van der Waals surface area contributed by atoms with Crippen molar-refractivity contribution in [1.82, 2.24) is 20.3 Å². The van der Waals surface area contributed by atoms with Crippen molar-refractivity contribution in [2.75, 3.05) is 29.9 Å². The van der Waals surface area contributed by atoms with Gasteiger partial charge in [-0.25, -0.2) is 4.98 Å². The third-order valence-corrected chi connectivity index (χ3v) is 8.15. The van der Waals surface area contributed by atoms with Crippen LogP contribution < -0.4 is 21.1 Å². The normalized spacial score (nSPS) is 14.6. The molecule has 2 aromatic carbocycles. The van der Waals surface area contributed by atoms with Gasteiger partial charge in [-0.15, -0.1) is 12.4 Å². The van der Waals surface area contributed by atoms with Gasteiger partial charge in [-0.3, -0.25) is 9.59 Å². The summed E-state index contributed by atoms with van der Waals surface area (Å²) in [6, 6.07) is 11.9. The number of halogens is 2. The second-order valence-electron chi connectivity index (χ2n) is 10.2. The summed E-state index contributed by atoms with van der Waals surface area (Å²) in [6.07, 6.45) is 2.61. The lowest BCUT2D eigenvalue weighted by atomic mass is 10.0. The molecule has 5 rings (SSSR count). The summed E-state index contributed by atoms with van der Waals surface area (Å²) in [5, 5.41) is 17.0. The molecule has 0 unspecified atom stereocenters. The maximum absolute atomic E-state index is 13.0. The molecule has 0 saturated carbocycles. The van der Waals surface area contributed by atoms with Gasteiger partial charge in [0, 0.05) is 49.0 Å². The topological polar surface area (TPSA) is 126 Å². The van der Waals surface area contributed by atoms with E-state index in [4.69, 9.17) is 4.98 Å². The van der Waals surface area contributed by atoms with E-state index in [0.717, 1.165) is 63.8 Å². The number of carbonyl (C=O) groups is 1. The first-order valence-corrected chi connectivity index (χ1v) is 13.9. The van der Waals surface area contributed by atoms with E-state index >= 15 is 0 Å². The minimum absolute atomic E-state index is 0. The summed E-state index contributed by atoms with van der Waals surface area (Å²) < 4.78 is 0.935. The van der Waals surface area contributed by atoms with E-state index in [9.17, 15) is 14.7 Å². The van der Waals surface area contributed by atoms with E-state index < -0.39 is 6.10 Å². The largest absolute Gasteiger partial charge is 0.387 e. The number of aliphatic hydroxyl groups excluding tert-OH is 1. The Balaban J connectivity index is 0.00000370. The molecule has 0 bridgehead atoms. The number of carbonyl (C=O) groups excluding carboxylic acids is 1. The lowest BCUT2D eigenvalue weighted by Gasteiger charge is -2.34. The average Bonchev–Trinajstić information content (AvgIpc) is 3.33. The molecule has 3 heterocycles. The number of H-pyrrole nitrogens is 2. The van der Waals surface area contributed by atoms with Crippen LogP contribution in [0.4, 0.5) is 11.4 Å². The summed E-state index contributed by atoms with van der Waals surface area (Å²) in [5.74, 6) is 0.477. The maximum Gasteiger partial charge on any atom is 0.261 e. The van der Waals surface area contributed by atoms with E-state index in [1.54, 1.807) is 19.2 Å². The number of nitrogens with zero attached hydrogens (tertiary/aromatic N) is 2. The zero-order valence-corrected chi connectivity index (χ0v) is 25.1. The zero-order chi connectivity index (χ0) is 27.7. The zero-order valence-electron chi connectivity index (χ0n) is 22.7. The third kappa shape index (κ3) is 6.35. The number of anilines is 2. The van der Waals surface area contributed by atoms with E-state index in [1.165, 1.54) is 0 Å². The molecule has 9 nitrogen and oxygen atoms in total. The number of aromatic nitrogens is 3. The number of piperidine rings is 1. The predicted molar refractivity (Wildman–Crippen MR) is 166 cm³/mol. The molecule has 1 atom stereocenters. The highest BCUT2D eigenvalue weighted by Gasteiger charge is 2.22. The van der Waals surface area contributed by atoms with Crippen LogP contribution in [0, 0.1) is 13.8 Å². The number of amides is 1. The van der Waals surface area contributed by atoms with Gasteiger partial charge in [-0.2, -0.15) is 0 Å². The fourth-order valence-electron chi connectivity index (χ4n) is 5.14. The Labute approximate surface area is 247 Å². The first-order valence-electron chi connectivity index (χ1n) is 13.1. The molecule has 4 aromatic rings. The van der Waals surface area contributed by atoms with Crippen LogP contribution in [0.3, 0.4) is 0 Å². The van der Waals surface area contributed by atoms with Gasteiger partial charge in [0.2, 0.25) is 5.91 Å². The fraction of sp³-hybridized carbons (Fsp3) is 0.345. The molecule has 0 aliphatic carbocycles. The van der Waals surface area contributed by atoms with Crippen molar-refractivity contribution >= 4 is 56.7 Å². The lowest BCUT2D eigenvalue weighted by Crippen LogP contribution is -2.44. The van der Waals surface area contributed by atoms with Gasteiger partial charge in [0.25, 0.3) is 5.56 Å². The van der Waals surface area contributed by atoms with E-state index in [1.807, 2.05) is 32.0 Å². The molecule has 0 spiro atoms.